The predicted molar refractivity (Wildman–Crippen MR) is 80.5 cm³/mol. The third-order valence-electron chi connectivity index (χ3n) is 4.70. The summed E-state index contributed by atoms with van der Waals surface area (Å²) < 4.78 is 1.92. The summed E-state index contributed by atoms with van der Waals surface area (Å²) in [6, 6.07) is 8.52. The van der Waals surface area contributed by atoms with Crippen molar-refractivity contribution in [1.82, 2.24) is 15.1 Å². The van der Waals surface area contributed by atoms with E-state index in [4.69, 9.17) is 5.73 Å². The Hall–Kier alpha value is -1.88. The number of hydrogen-bond acceptors (Lipinski definition) is 3. The van der Waals surface area contributed by atoms with Crippen molar-refractivity contribution >= 4 is 16.8 Å². The van der Waals surface area contributed by atoms with Crippen LogP contribution >= 0.6 is 0 Å². The van der Waals surface area contributed by atoms with Crippen molar-refractivity contribution in [2.24, 2.45) is 11.7 Å². The zero-order chi connectivity index (χ0) is 14.4. The number of fused-ring (bicyclic) bond motifs is 1. The fourth-order valence-electron chi connectivity index (χ4n) is 3.20. The van der Waals surface area contributed by atoms with Gasteiger partial charge in [-0.3, -0.25) is 14.8 Å². The van der Waals surface area contributed by atoms with Gasteiger partial charge in [0, 0.05) is 11.4 Å². The number of hydrogen-bond donors (Lipinski definition) is 2. The van der Waals surface area contributed by atoms with E-state index >= 15 is 0 Å². The second-order valence-electron chi connectivity index (χ2n) is 6.39. The predicted octanol–water partition coefficient (Wildman–Crippen LogP) is 1.42. The van der Waals surface area contributed by atoms with E-state index in [1.54, 1.807) is 0 Å². The van der Waals surface area contributed by atoms with Crippen molar-refractivity contribution < 1.29 is 4.79 Å². The summed E-state index contributed by atoms with van der Waals surface area (Å²) >= 11 is 0. The monoisotopic (exact) mass is 284 g/mol. The van der Waals surface area contributed by atoms with Crippen LogP contribution in [0.4, 0.5) is 0 Å². The Bertz CT molecular complexity index is 686. The number of benzene rings is 1. The maximum atomic E-state index is 12.2. The zero-order valence-corrected chi connectivity index (χ0v) is 12.0. The molecule has 0 spiro atoms. The van der Waals surface area contributed by atoms with Gasteiger partial charge < -0.3 is 5.73 Å². The van der Waals surface area contributed by atoms with E-state index in [1.165, 1.54) is 0 Å². The number of nitrogens with two attached hydrogens (primary N) is 1. The average Bonchev–Trinajstić information content (AvgIpc) is 3.37. The molecule has 1 heterocycles. The normalized spacial score (nSPS) is 21.3. The molecule has 5 nitrogen and oxygen atoms in total. The van der Waals surface area contributed by atoms with E-state index in [0.29, 0.717) is 18.5 Å². The molecule has 1 aromatic carbocycles. The van der Waals surface area contributed by atoms with Gasteiger partial charge in [0.15, 0.2) is 0 Å². The van der Waals surface area contributed by atoms with Gasteiger partial charge in [0.25, 0.3) is 0 Å². The van der Waals surface area contributed by atoms with Gasteiger partial charge in [-0.05, 0) is 37.7 Å². The molecular formula is C16H20N4O. The van der Waals surface area contributed by atoms with Crippen molar-refractivity contribution in [3.8, 4) is 0 Å². The molecule has 0 saturated heterocycles. The van der Waals surface area contributed by atoms with Crippen molar-refractivity contribution in [3.63, 3.8) is 0 Å². The summed E-state index contributed by atoms with van der Waals surface area (Å²) in [4.78, 5) is 12.2. The molecule has 0 bridgehead atoms. The van der Waals surface area contributed by atoms with E-state index in [1.807, 2.05) is 35.1 Å². The SMILES string of the molecule is NC(=O)C(Cn1ncc2ccccc21)(NC1CC1)C1CC1. The van der Waals surface area contributed by atoms with Gasteiger partial charge in [-0.2, -0.15) is 5.10 Å². The highest BCUT2D eigenvalue weighted by Crippen LogP contribution is 2.42. The molecule has 3 N–H and O–H groups in total. The quantitative estimate of drug-likeness (QED) is 0.842. The number of carbonyl (C=O) groups is 1. The second-order valence-corrected chi connectivity index (χ2v) is 6.39. The first-order valence-electron chi connectivity index (χ1n) is 7.67. The number of carbonyl (C=O) groups excluding carboxylic acids is 1. The first-order chi connectivity index (χ1) is 10.2. The van der Waals surface area contributed by atoms with E-state index < -0.39 is 5.54 Å². The lowest BCUT2D eigenvalue weighted by Gasteiger charge is -2.32. The van der Waals surface area contributed by atoms with Gasteiger partial charge in [0.1, 0.15) is 5.54 Å². The molecule has 1 atom stereocenters. The van der Waals surface area contributed by atoms with Crippen LogP contribution in [-0.2, 0) is 11.3 Å². The van der Waals surface area contributed by atoms with Crippen LogP contribution in [0.5, 0.6) is 0 Å². The topological polar surface area (TPSA) is 72.9 Å². The molecule has 5 heteroatoms. The van der Waals surface area contributed by atoms with Gasteiger partial charge in [0.2, 0.25) is 5.91 Å². The lowest BCUT2D eigenvalue weighted by atomic mass is 9.91. The number of primary amides is 1. The number of nitrogens with one attached hydrogen (secondary N) is 1. The van der Waals surface area contributed by atoms with Crippen molar-refractivity contribution in [2.75, 3.05) is 0 Å². The fraction of sp³-hybridized carbons (Fsp3) is 0.500. The summed E-state index contributed by atoms with van der Waals surface area (Å²) in [6.45, 7) is 0.525. The first kappa shape index (κ1) is 12.8. The van der Waals surface area contributed by atoms with Crippen molar-refractivity contribution in [3.05, 3.63) is 30.5 Å². The summed E-state index contributed by atoms with van der Waals surface area (Å²) in [5.74, 6) is 0.107. The highest BCUT2D eigenvalue weighted by atomic mass is 16.1. The van der Waals surface area contributed by atoms with Crippen LogP contribution in [0.3, 0.4) is 0 Å². The van der Waals surface area contributed by atoms with Crippen LogP contribution in [0.1, 0.15) is 25.7 Å². The van der Waals surface area contributed by atoms with Crippen LogP contribution in [-0.4, -0.2) is 27.3 Å². The number of para-hydroxylation sites is 1. The van der Waals surface area contributed by atoms with Crippen LogP contribution in [0.15, 0.2) is 30.5 Å². The Morgan fingerprint density at radius 2 is 2.10 bits per heavy atom. The van der Waals surface area contributed by atoms with E-state index in [-0.39, 0.29) is 5.91 Å². The summed E-state index contributed by atoms with van der Waals surface area (Å²) in [7, 11) is 0. The Balaban J connectivity index is 1.71. The third kappa shape index (κ3) is 2.21. The molecule has 0 aliphatic heterocycles. The standard InChI is InChI=1S/C16H20N4O/c17-15(21)16(12-5-6-12,19-13-7-8-13)10-20-14-4-2-1-3-11(14)9-18-20/h1-4,9,12-13,19H,5-8,10H2,(H2,17,21). The maximum absolute atomic E-state index is 12.2. The maximum Gasteiger partial charge on any atom is 0.239 e. The van der Waals surface area contributed by atoms with Gasteiger partial charge in [0.05, 0.1) is 18.3 Å². The van der Waals surface area contributed by atoms with Crippen LogP contribution in [0.2, 0.25) is 0 Å². The van der Waals surface area contributed by atoms with Crippen molar-refractivity contribution in [1.29, 1.82) is 0 Å². The number of nitrogens with zero attached hydrogens (tertiary/aromatic N) is 2. The number of rotatable bonds is 6. The Morgan fingerprint density at radius 1 is 1.33 bits per heavy atom. The van der Waals surface area contributed by atoms with Gasteiger partial charge in [-0.1, -0.05) is 18.2 Å². The Morgan fingerprint density at radius 3 is 2.76 bits per heavy atom. The minimum atomic E-state index is -0.643. The molecule has 1 amide bonds. The Labute approximate surface area is 123 Å². The highest BCUT2D eigenvalue weighted by Gasteiger charge is 2.52. The molecule has 1 aromatic heterocycles. The van der Waals surface area contributed by atoms with Gasteiger partial charge >= 0.3 is 0 Å². The van der Waals surface area contributed by atoms with E-state index in [2.05, 4.69) is 10.4 Å². The largest absolute Gasteiger partial charge is 0.368 e. The molecule has 21 heavy (non-hydrogen) atoms. The minimum absolute atomic E-state index is 0.239. The first-order valence-corrected chi connectivity index (χ1v) is 7.67. The molecule has 2 saturated carbocycles. The van der Waals surface area contributed by atoms with Gasteiger partial charge in [-0.25, -0.2) is 0 Å². The van der Waals surface area contributed by atoms with Gasteiger partial charge in [-0.15, -0.1) is 0 Å². The molecule has 1 unspecified atom stereocenters. The minimum Gasteiger partial charge on any atom is -0.368 e. The highest BCUT2D eigenvalue weighted by molar-refractivity contribution is 5.86. The molecular weight excluding hydrogens is 264 g/mol. The fourth-order valence-corrected chi connectivity index (χ4v) is 3.20. The average molecular weight is 284 g/mol. The summed E-state index contributed by atoms with van der Waals surface area (Å²) in [5, 5.41) is 9.10. The molecule has 4 rings (SSSR count). The molecule has 2 fully saturated rings. The zero-order valence-electron chi connectivity index (χ0n) is 12.0. The number of aromatic nitrogens is 2. The van der Waals surface area contributed by atoms with E-state index in [0.717, 1.165) is 36.6 Å². The van der Waals surface area contributed by atoms with E-state index in [9.17, 15) is 4.79 Å². The third-order valence-corrected chi connectivity index (χ3v) is 4.70. The molecule has 2 aromatic rings. The molecule has 2 aliphatic carbocycles. The molecule has 0 radical (unpaired) electrons. The smallest absolute Gasteiger partial charge is 0.239 e. The molecule has 110 valence electrons. The van der Waals surface area contributed by atoms with Crippen LogP contribution < -0.4 is 11.1 Å². The Kier molecular flexibility index (Phi) is 2.79. The molecule has 2 aliphatic rings. The summed E-state index contributed by atoms with van der Waals surface area (Å²) in [5.41, 5.74) is 6.22. The van der Waals surface area contributed by atoms with Crippen molar-refractivity contribution in [2.45, 2.75) is 43.8 Å². The second kappa shape index (κ2) is 4.56. The summed E-state index contributed by atoms with van der Waals surface area (Å²) in [6.07, 6.45) is 6.28. The van der Waals surface area contributed by atoms with Crippen LogP contribution in [0, 0.1) is 5.92 Å². The lowest BCUT2D eigenvalue weighted by Crippen LogP contribution is -2.60. The number of amides is 1. The van der Waals surface area contributed by atoms with Crippen LogP contribution in [0.25, 0.3) is 10.9 Å². The lowest BCUT2D eigenvalue weighted by molar-refractivity contribution is -0.126.